The summed E-state index contributed by atoms with van der Waals surface area (Å²) < 4.78 is 5.23. The molecule has 0 saturated carbocycles. The highest BCUT2D eigenvalue weighted by Crippen LogP contribution is 2.23. The Morgan fingerprint density at radius 1 is 1.33 bits per heavy atom. The average Bonchev–Trinajstić information content (AvgIpc) is 2.77. The van der Waals surface area contributed by atoms with Gasteiger partial charge in [0.05, 0.1) is 19.3 Å². The van der Waals surface area contributed by atoms with Crippen LogP contribution in [0.4, 0.5) is 0 Å². The number of hydrogen-bond donors (Lipinski definition) is 1. The zero-order valence-electron chi connectivity index (χ0n) is 11.5. The SMILES string of the molecule is CCN(C(=O)C(C)C(C)C)C1COCC1C(=O)O. The van der Waals surface area contributed by atoms with E-state index in [1.54, 1.807) is 4.90 Å². The zero-order valence-corrected chi connectivity index (χ0v) is 11.5. The van der Waals surface area contributed by atoms with E-state index in [0.29, 0.717) is 13.2 Å². The van der Waals surface area contributed by atoms with Gasteiger partial charge in [-0.15, -0.1) is 0 Å². The third-order valence-electron chi connectivity index (χ3n) is 3.78. The van der Waals surface area contributed by atoms with E-state index in [4.69, 9.17) is 9.84 Å². The van der Waals surface area contributed by atoms with Gasteiger partial charge >= 0.3 is 5.97 Å². The minimum atomic E-state index is -0.888. The highest BCUT2D eigenvalue weighted by Gasteiger charge is 2.40. The van der Waals surface area contributed by atoms with E-state index in [9.17, 15) is 9.59 Å². The smallest absolute Gasteiger partial charge is 0.311 e. The van der Waals surface area contributed by atoms with Crippen molar-refractivity contribution in [2.45, 2.75) is 33.7 Å². The molecule has 3 atom stereocenters. The van der Waals surface area contributed by atoms with Crippen molar-refractivity contribution in [2.24, 2.45) is 17.8 Å². The van der Waals surface area contributed by atoms with Crippen molar-refractivity contribution >= 4 is 11.9 Å². The number of carbonyl (C=O) groups excluding carboxylic acids is 1. The first kappa shape index (κ1) is 15.0. The van der Waals surface area contributed by atoms with Crippen molar-refractivity contribution in [3.05, 3.63) is 0 Å². The van der Waals surface area contributed by atoms with Crippen LogP contribution in [-0.2, 0) is 14.3 Å². The lowest BCUT2D eigenvalue weighted by Crippen LogP contribution is -2.49. The normalized spacial score (nSPS) is 25.2. The number of carboxylic acid groups (broad SMARTS) is 1. The third kappa shape index (κ3) is 3.02. The summed E-state index contributed by atoms with van der Waals surface area (Å²) in [5, 5.41) is 9.14. The topological polar surface area (TPSA) is 66.8 Å². The van der Waals surface area contributed by atoms with Crippen LogP contribution in [0.5, 0.6) is 0 Å². The number of rotatable bonds is 5. The molecule has 1 amide bonds. The molecule has 18 heavy (non-hydrogen) atoms. The van der Waals surface area contributed by atoms with Gasteiger partial charge in [-0.25, -0.2) is 0 Å². The van der Waals surface area contributed by atoms with E-state index in [-0.39, 0.29) is 30.4 Å². The fraction of sp³-hybridized carbons (Fsp3) is 0.846. The van der Waals surface area contributed by atoms with Crippen LogP contribution < -0.4 is 0 Å². The lowest BCUT2D eigenvalue weighted by molar-refractivity contribution is -0.146. The Kier molecular flexibility index (Phi) is 5.14. The van der Waals surface area contributed by atoms with E-state index in [1.807, 2.05) is 27.7 Å². The third-order valence-corrected chi connectivity index (χ3v) is 3.78. The lowest BCUT2D eigenvalue weighted by atomic mass is 9.94. The molecule has 1 saturated heterocycles. The number of aliphatic carboxylic acids is 1. The summed E-state index contributed by atoms with van der Waals surface area (Å²) in [6, 6.07) is -0.332. The lowest BCUT2D eigenvalue weighted by Gasteiger charge is -2.32. The summed E-state index contributed by atoms with van der Waals surface area (Å²) in [6.45, 7) is 8.80. The number of carbonyl (C=O) groups is 2. The Morgan fingerprint density at radius 3 is 2.39 bits per heavy atom. The number of amides is 1. The molecule has 104 valence electrons. The van der Waals surface area contributed by atoms with E-state index >= 15 is 0 Å². The second kappa shape index (κ2) is 6.18. The van der Waals surface area contributed by atoms with Crippen molar-refractivity contribution < 1.29 is 19.4 Å². The van der Waals surface area contributed by atoms with Crippen LogP contribution in [0.25, 0.3) is 0 Å². The van der Waals surface area contributed by atoms with Gasteiger partial charge in [0.1, 0.15) is 5.92 Å². The first-order valence-corrected chi connectivity index (χ1v) is 6.51. The maximum atomic E-state index is 12.3. The predicted molar refractivity (Wildman–Crippen MR) is 67.1 cm³/mol. The molecule has 1 aliphatic heterocycles. The molecule has 1 rings (SSSR count). The molecule has 1 N–H and O–H groups in total. The molecular weight excluding hydrogens is 234 g/mol. The van der Waals surface area contributed by atoms with E-state index in [0.717, 1.165) is 0 Å². The van der Waals surface area contributed by atoms with Crippen LogP contribution >= 0.6 is 0 Å². The van der Waals surface area contributed by atoms with Crippen molar-refractivity contribution in [3.8, 4) is 0 Å². The molecule has 0 aliphatic carbocycles. The molecule has 3 unspecified atom stereocenters. The number of nitrogens with zero attached hydrogens (tertiary/aromatic N) is 1. The van der Waals surface area contributed by atoms with E-state index in [2.05, 4.69) is 0 Å². The highest BCUT2D eigenvalue weighted by atomic mass is 16.5. The second-order valence-electron chi connectivity index (χ2n) is 5.21. The first-order chi connectivity index (χ1) is 8.40. The van der Waals surface area contributed by atoms with Gasteiger partial charge in [0.2, 0.25) is 5.91 Å². The molecule has 1 aliphatic rings. The molecule has 0 radical (unpaired) electrons. The quantitative estimate of drug-likeness (QED) is 0.804. The van der Waals surface area contributed by atoms with Crippen molar-refractivity contribution in [1.29, 1.82) is 0 Å². The Labute approximate surface area is 108 Å². The Bertz CT molecular complexity index is 316. The summed E-state index contributed by atoms with van der Waals surface area (Å²) in [4.78, 5) is 25.2. The van der Waals surface area contributed by atoms with Crippen LogP contribution in [0, 0.1) is 17.8 Å². The summed E-state index contributed by atoms with van der Waals surface area (Å²) in [7, 11) is 0. The molecule has 0 aromatic rings. The van der Waals surface area contributed by atoms with Gasteiger partial charge < -0.3 is 14.7 Å². The minimum absolute atomic E-state index is 0.0225. The minimum Gasteiger partial charge on any atom is -0.481 e. The van der Waals surface area contributed by atoms with Crippen LogP contribution in [0.15, 0.2) is 0 Å². The van der Waals surface area contributed by atoms with Gasteiger partial charge in [-0.2, -0.15) is 0 Å². The predicted octanol–water partition coefficient (Wildman–Crippen LogP) is 1.23. The fourth-order valence-electron chi connectivity index (χ4n) is 2.19. The average molecular weight is 257 g/mol. The van der Waals surface area contributed by atoms with Gasteiger partial charge in [0.25, 0.3) is 0 Å². The molecule has 0 spiro atoms. The molecule has 0 bridgehead atoms. The molecule has 0 aromatic heterocycles. The summed E-state index contributed by atoms with van der Waals surface area (Å²) in [5.74, 6) is -1.32. The van der Waals surface area contributed by atoms with Crippen LogP contribution in [0.2, 0.25) is 0 Å². The Balaban J connectivity index is 2.82. The highest BCUT2D eigenvalue weighted by molar-refractivity contribution is 5.80. The summed E-state index contributed by atoms with van der Waals surface area (Å²) in [5.41, 5.74) is 0. The molecule has 0 aromatic carbocycles. The van der Waals surface area contributed by atoms with E-state index in [1.165, 1.54) is 0 Å². The number of likely N-dealkylation sites (N-methyl/N-ethyl adjacent to an activating group) is 1. The molecule has 5 nitrogen and oxygen atoms in total. The van der Waals surface area contributed by atoms with Crippen LogP contribution in [0.1, 0.15) is 27.7 Å². The van der Waals surface area contributed by atoms with Crippen molar-refractivity contribution in [1.82, 2.24) is 4.90 Å². The summed E-state index contributed by atoms with van der Waals surface area (Å²) in [6.07, 6.45) is 0. The van der Waals surface area contributed by atoms with Gasteiger partial charge in [0, 0.05) is 12.5 Å². The van der Waals surface area contributed by atoms with Crippen molar-refractivity contribution in [2.75, 3.05) is 19.8 Å². The van der Waals surface area contributed by atoms with Gasteiger partial charge in [0.15, 0.2) is 0 Å². The number of carboxylic acids is 1. The van der Waals surface area contributed by atoms with E-state index < -0.39 is 11.9 Å². The number of hydrogen-bond acceptors (Lipinski definition) is 3. The van der Waals surface area contributed by atoms with Crippen LogP contribution in [0.3, 0.4) is 0 Å². The molecule has 1 fully saturated rings. The second-order valence-corrected chi connectivity index (χ2v) is 5.21. The summed E-state index contributed by atoms with van der Waals surface area (Å²) >= 11 is 0. The molecular formula is C13H23NO4. The Hall–Kier alpha value is -1.10. The van der Waals surface area contributed by atoms with Crippen LogP contribution in [-0.4, -0.2) is 47.7 Å². The number of ether oxygens (including phenoxy) is 1. The Morgan fingerprint density at radius 2 is 1.94 bits per heavy atom. The standard InChI is InChI=1S/C13H23NO4/c1-5-14(12(15)9(4)8(2)3)11-7-18-6-10(11)13(16)17/h8-11H,5-7H2,1-4H3,(H,16,17). The first-order valence-electron chi connectivity index (χ1n) is 6.51. The van der Waals surface area contributed by atoms with Gasteiger partial charge in [-0.05, 0) is 12.8 Å². The fourth-order valence-corrected chi connectivity index (χ4v) is 2.19. The largest absolute Gasteiger partial charge is 0.481 e. The molecule has 1 heterocycles. The maximum absolute atomic E-state index is 12.3. The zero-order chi connectivity index (χ0) is 13.9. The molecule has 5 heteroatoms. The monoisotopic (exact) mass is 257 g/mol. The van der Waals surface area contributed by atoms with Gasteiger partial charge in [-0.3, -0.25) is 9.59 Å². The van der Waals surface area contributed by atoms with Gasteiger partial charge in [-0.1, -0.05) is 20.8 Å². The van der Waals surface area contributed by atoms with Crippen molar-refractivity contribution in [3.63, 3.8) is 0 Å². The maximum Gasteiger partial charge on any atom is 0.311 e.